The predicted octanol–water partition coefficient (Wildman–Crippen LogP) is 2.37. The molecular weight excluding hydrogens is 224 g/mol. The number of likely N-dealkylation sites (tertiary alicyclic amines) is 1. The number of aromatic amines is 1. The highest BCUT2D eigenvalue weighted by molar-refractivity contribution is 5.78. The zero-order chi connectivity index (χ0) is 12.5. The Morgan fingerprint density at radius 3 is 3.00 bits per heavy atom. The van der Waals surface area contributed by atoms with E-state index in [1.54, 1.807) is 6.07 Å². The molecule has 3 heteroatoms. The van der Waals surface area contributed by atoms with Crippen molar-refractivity contribution in [3.05, 3.63) is 46.2 Å². The Hall–Kier alpha value is -1.61. The minimum Gasteiger partial charge on any atom is -0.322 e. The molecule has 0 bridgehead atoms. The van der Waals surface area contributed by atoms with Crippen molar-refractivity contribution in [3.8, 4) is 0 Å². The molecule has 2 aromatic rings. The van der Waals surface area contributed by atoms with Crippen molar-refractivity contribution in [2.24, 2.45) is 5.92 Å². The lowest BCUT2D eigenvalue weighted by Gasteiger charge is -2.15. The van der Waals surface area contributed by atoms with Crippen LogP contribution in [0.5, 0.6) is 0 Å². The molecule has 1 aliphatic heterocycles. The Bertz CT molecular complexity index is 617. The first kappa shape index (κ1) is 11.5. The lowest BCUT2D eigenvalue weighted by molar-refractivity contribution is 0.320. The molecule has 0 amide bonds. The lowest BCUT2D eigenvalue weighted by atomic mass is 10.1. The van der Waals surface area contributed by atoms with Gasteiger partial charge in [-0.05, 0) is 48.0 Å². The van der Waals surface area contributed by atoms with Crippen molar-refractivity contribution in [2.75, 3.05) is 13.1 Å². The normalized spacial score (nSPS) is 20.6. The molecule has 1 aromatic carbocycles. The van der Waals surface area contributed by atoms with Crippen molar-refractivity contribution < 1.29 is 0 Å². The van der Waals surface area contributed by atoms with Crippen LogP contribution in [0, 0.1) is 5.92 Å². The van der Waals surface area contributed by atoms with E-state index in [1.807, 2.05) is 12.1 Å². The van der Waals surface area contributed by atoms with E-state index in [0.717, 1.165) is 23.4 Å². The van der Waals surface area contributed by atoms with Crippen LogP contribution in [0.15, 0.2) is 35.1 Å². The number of nitrogens with zero attached hydrogens (tertiary/aromatic N) is 1. The van der Waals surface area contributed by atoms with Gasteiger partial charge >= 0.3 is 0 Å². The number of nitrogens with one attached hydrogen (secondary N) is 1. The Morgan fingerprint density at radius 2 is 2.22 bits per heavy atom. The highest BCUT2D eigenvalue weighted by Gasteiger charge is 2.18. The van der Waals surface area contributed by atoms with E-state index in [1.165, 1.54) is 25.1 Å². The molecule has 3 nitrogen and oxygen atoms in total. The Labute approximate surface area is 106 Å². The molecule has 1 atom stereocenters. The maximum Gasteiger partial charge on any atom is 0.248 e. The van der Waals surface area contributed by atoms with Crippen molar-refractivity contribution in [3.63, 3.8) is 0 Å². The van der Waals surface area contributed by atoms with E-state index in [9.17, 15) is 4.79 Å². The fourth-order valence-electron chi connectivity index (χ4n) is 2.73. The first-order valence-electron chi connectivity index (χ1n) is 6.55. The third kappa shape index (κ3) is 2.31. The summed E-state index contributed by atoms with van der Waals surface area (Å²) in [6, 6.07) is 9.77. The predicted molar refractivity (Wildman–Crippen MR) is 73.6 cm³/mol. The molecule has 0 spiro atoms. The van der Waals surface area contributed by atoms with Crippen molar-refractivity contribution in [2.45, 2.75) is 19.9 Å². The zero-order valence-corrected chi connectivity index (χ0v) is 10.6. The van der Waals surface area contributed by atoms with Gasteiger partial charge in [0.25, 0.3) is 0 Å². The fraction of sp³-hybridized carbons (Fsp3) is 0.400. The van der Waals surface area contributed by atoms with Crippen LogP contribution in [-0.4, -0.2) is 23.0 Å². The second-order valence-corrected chi connectivity index (χ2v) is 5.37. The smallest absolute Gasteiger partial charge is 0.248 e. The van der Waals surface area contributed by atoms with Gasteiger partial charge in [0.15, 0.2) is 0 Å². The number of benzene rings is 1. The number of hydrogen-bond acceptors (Lipinski definition) is 2. The van der Waals surface area contributed by atoms with Gasteiger partial charge in [0.1, 0.15) is 0 Å². The number of H-pyrrole nitrogens is 1. The monoisotopic (exact) mass is 242 g/mol. The minimum absolute atomic E-state index is 0.0383. The topological polar surface area (TPSA) is 36.1 Å². The third-order valence-electron chi connectivity index (χ3n) is 3.70. The van der Waals surface area contributed by atoms with Gasteiger partial charge in [0, 0.05) is 24.7 Å². The SMILES string of the molecule is CC1CCN(Cc2ccc3[nH]c(=O)ccc3c2)C1. The van der Waals surface area contributed by atoms with Gasteiger partial charge in [0.2, 0.25) is 5.56 Å². The van der Waals surface area contributed by atoms with Crippen LogP contribution in [0.25, 0.3) is 10.9 Å². The number of pyridine rings is 1. The second-order valence-electron chi connectivity index (χ2n) is 5.37. The molecule has 94 valence electrons. The molecule has 1 aromatic heterocycles. The van der Waals surface area contributed by atoms with E-state index >= 15 is 0 Å². The molecule has 1 N–H and O–H groups in total. The zero-order valence-electron chi connectivity index (χ0n) is 10.6. The summed E-state index contributed by atoms with van der Waals surface area (Å²) >= 11 is 0. The van der Waals surface area contributed by atoms with E-state index in [0.29, 0.717) is 0 Å². The summed E-state index contributed by atoms with van der Waals surface area (Å²) in [5.74, 6) is 0.821. The van der Waals surface area contributed by atoms with Crippen LogP contribution in [0.1, 0.15) is 18.9 Å². The molecule has 0 radical (unpaired) electrons. The van der Waals surface area contributed by atoms with E-state index < -0.39 is 0 Å². The van der Waals surface area contributed by atoms with Gasteiger partial charge in [0.05, 0.1) is 0 Å². The number of rotatable bonds is 2. The maximum absolute atomic E-state index is 11.2. The Morgan fingerprint density at radius 1 is 1.33 bits per heavy atom. The van der Waals surface area contributed by atoms with Crippen molar-refractivity contribution in [1.82, 2.24) is 9.88 Å². The van der Waals surface area contributed by atoms with Gasteiger partial charge < -0.3 is 4.98 Å². The summed E-state index contributed by atoms with van der Waals surface area (Å²) in [7, 11) is 0. The van der Waals surface area contributed by atoms with Crippen molar-refractivity contribution in [1.29, 1.82) is 0 Å². The molecule has 1 aliphatic rings. The molecule has 0 aliphatic carbocycles. The molecule has 1 fully saturated rings. The summed E-state index contributed by atoms with van der Waals surface area (Å²) in [5.41, 5.74) is 2.20. The summed E-state index contributed by atoms with van der Waals surface area (Å²) in [4.78, 5) is 16.6. The van der Waals surface area contributed by atoms with Gasteiger partial charge in [-0.15, -0.1) is 0 Å². The number of fused-ring (bicyclic) bond motifs is 1. The number of aromatic nitrogens is 1. The quantitative estimate of drug-likeness (QED) is 0.877. The fourth-order valence-corrected chi connectivity index (χ4v) is 2.73. The van der Waals surface area contributed by atoms with E-state index in [-0.39, 0.29) is 5.56 Å². The molecule has 0 saturated carbocycles. The highest BCUT2D eigenvalue weighted by Crippen LogP contribution is 2.19. The van der Waals surface area contributed by atoms with Crippen LogP contribution in [-0.2, 0) is 6.54 Å². The molecule has 1 unspecified atom stereocenters. The molecule has 1 saturated heterocycles. The van der Waals surface area contributed by atoms with Crippen LogP contribution in [0.2, 0.25) is 0 Å². The van der Waals surface area contributed by atoms with Gasteiger partial charge in [-0.2, -0.15) is 0 Å². The Balaban J connectivity index is 1.85. The van der Waals surface area contributed by atoms with Crippen LogP contribution < -0.4 is 5.56 Å². The summed E-state index contributed by atoms with van der Waals surface area (Å²) in [6.45, 7) is 5.72. The minimum atomic E-state index is -0.0383. The molecule has 18 heavy (non-hydrogen) atoms. The average molecular weight is 242 g/mol. The van der Waals surface area contributed by atoms with Crippen molar-refractivity contribution >= 4 is 10.9 Å². The summed E-state index contributed by atoms with van der Waals surface area (Å²) < 4.78 is 0. The summed E-state index contributed by atoms with van der Waals surface area (Å²) in [5, 5.41) is 1.11. The highest BCUT2D eigenvalue weighted by atomic mass is 16.1. The van der Waals surface area contributed by atoms with Gasteiger partial charge in [-0.25, -0.2) is 0 Å². The standard InChI is InChI=1S/C15H18N2O/c1-11-6-7-17(9-11)10-12-2-4-14-13(8-12)3-5-15(18)16-14/h2-5,8,11H,6-7,9-10H2,1H3,(H,16,18). The van der Waals surface area contributed by atoms with Gasteiger partial charge in [-0.3, -0.25) is 9.69 Å². The third-order valence-corrected chi connectivity index (χ3v) is 3.70. The molecular formula is C15H18N2O. The van der Waals surface area contributed by atoms with Gasteiger partial charge in [-0.1, -0.05) is 13.0 Å². The molecule has 2 heterocycles. The van der Waals surface area contributed by atoms with Crippen LogP contribution in [0.4, 0.5) is 0 Å². The molecule has 3 rings (SSSR count). The average Bonchev–Trinajstić information content (AvgIpc) is 2.75. The van der Waals surface area contributed by atoms with E-state index in [4.69, 9.17) is 0 Å². The summed E-state index contributed by atoms with van der Waals surface area (Å²) in [6.07, 6.45) is 1.31. The van der Waals surface area contributed by atoms with E-state index in [2.05, 4.69) is 28.9 Å². The number of hydrogen-bond donors (Lipinski definition) is 1. The first-order chi connectivity index (χ1) is 8.70. The first-order valence-corrected chi connectivity index (χ1v) is 6.55. The maximum atomic E-state index is 11.2. The lowest BCUT2D eigenvalue weighted by Crippen LogP contribution is -2.19. The second kappa shape index (κ2) is 4.58. The van der Waals surface area contributed by atoms with Crippen LogP contribution in [0.3, 0.4) is 0 Å². The van der Waals surface area contributed by atoms with Crippen LogP contribution >= 0.6 is 0 Å². The Kier molecular flexibility index (Phi) is 2.92. The largest absolute Gasteiger partial charge is 0.322 e.